The number of aliphatic hydroxyl groups is 1. The van der Waals surface area contributed by atoms with Gasteiger partial charge in [0, 0.05) is 6.04 Å². The number of rotatable bonds is 7. The molecule has 0 aromatic heterocycles. The first-order valence-electron chi connectivity index (χ1n) is 9.48. The predicted molar refractivity (Wildman–Crippen MR) is 108 cm³/mol. The first-order valence-corrected chi connectivity index (χ1v) is 11.1. The fourth-order valence-electron chi connectivity index (χ4n) is 3.71. The molecule has 7 heteroatoms. The van der Waals surface area contributed by atoms with E-state index in [1.165, 1.54) is 0 Å². The molecule has 0 saturated heterocycles. The van der Waals surface area contributed by atoms with Crippen molar-refractivity contribution >= 4 is 15.9 Å². The van der Waals surface area contributed by atoms with Gasteiger partial charge < -0.3 is 10.8 Å². The molecule has 1 aliphatic carbocycles. The van der Waals surface area contributed by atoms with Gasteiger partial charge in [0.2, 0.25) is 10.0 Å². The number of nitrogens with two attached hydrogens (primary N) is 1. The van der Waals surface area contributed by atoms with Crippen LogP contribution in [0, 0.1) is 0 Å². The summed E-state index contributed by atoms with van der Waals surface area (Å²) in [6, 6.07) is 14.7. The van der Waals surface area contributed by atoms with Gasteiger partial charge >= 0.3 is 0 Å². The number of benzene rings is 2. The van der Waals surface area contributed by atoms with Crippen LogP contribution in [0.2, 0.25) is 0 Å². The highest BCUT2D eigenvalue weighted by Gasteiger charge is 2.38. The molecule has 4 N–H and O–H groups in total. The van der Waals surface area contributed by atoms with Crippen molar-refractivity contribution in [1.82, 2.24) is 4.72 Å². The zero-order valence-electron chi connectivity index (χ0n) is 15.7. The Morgan fingerprint density at radius 3 is 2.14 bits per heavy atom. The van der Waals surface area contributed by atoms with Crippen LogP contribution in [0.4, 0.5) is 0 Å². The van der Waals surface area contributed by atoms with Gasteiger partial charge in [-0.05, 0) is 29.5 Å². The van der Waals surface area contributed by atoms with Crippen LogP contribution in [0.25, 0.3) is 0 Å². The zero-order chi connectivity index (χ0) is 20.2. The topological polar surface area (TPSA) is 109 Å². The monoisotopic (exact) mass is 402 g/mol. The predicted octanol–water partition coefficient (Wildman–Crippen LogP) is 2.16. The highest BCUT2D eigenvalue weighted by molar-refractivity contribution is 7.88. The average molecular weight is 403 g/mol. The molecule has 1 amide bonds. The molecule has 1 unspecified atom stereocenters. The molecule has 1 atom stereocenters. The number of nitrogens with one attached hydrogen (secondary N) is 1. The van der Waals surface area contributed by atoms with E-state index in [4.69, 9.17) is 5.73 Å². The third-order valence-corrected chi connectivity index (χ3v) is 6.63. The van der Waals surface area contributed by atoms with Crippen LogP contribution in [-0.4, -0.2) is 25.5 Å². The SMILES string of the molecule is NC(=O)C(O)(c1ccccc1)c1ccc(CS(=O)(=O)NC2CCCCC2)cc1. The lowest BCUT2D eigenvalue weighted by Crippen LogP contribution is -2.42. The number of carbonyl (C=O) groups is 1. The highest BCUT2D eigenvalue weighted by Crippen LogP contribution is 2.30. The molecule has 0 heterocycles. The minimum Gasteiger partial charge on any atom is -0.372 e. The smallest absolute Gasteiger partial charge is 0.258 e. The van der Waals surface area contributed by atoms with Gasteiger partial charge in [0.15, 0.2) is 5.60 Å². The van der Waals surface area contributed by atoms with Gasteiger partial charge in [-0.2, -0.15) is 0 Å². The Kier molecular flexibility index (Phi) is 6.17. The van der Waals surface area contributed by atoms with Gasteiger partial charge in [0.05, 0.1) is 5.75 Å². The van der Waals surface area contributed by atoms with Gasteiger partial charge in [-0.25, -0.2) is 13.1 Å². The second kappa shape index (κ2) is 8.43. The van der Waals surface area contributed by atoms with E-state index in [1.54, 1.807) is 54.6 Å². The number of amides is 1. The number of carbonyl (C=O) groups excluding carboxylic acids is 1. The summed E-state index contributed by atoms with van der Waals surface area (Å²) in [6.45, 7) is 0. The van der Waals surface area contributed by atoms with Crippen molar-refractivity contribution in [2.24, 2.45) is 5.73 Å². The summed E-state index contributed by atoms with van der Waals surface area (Å²) >= 11 is 0. The average Bonchev–Trinajstić information content (AvgIpc) is 2.68. The lowest BCUT2D eigenvalue weighted by Gasteiger charge is -2.26. The van der Waals surface area contributed by atoms with Crippen molar-refractivity contribution in [2.75, 3.05) is 0 Å². The largest absolute Gasteiger partial charge is 0.372 e. The zero-order valence-corrected chi connectivity index (χ0v) is 16.5. The van der Waals surface area contributed by atoms with Gasteiger partial charge in [-0.3, -0.25) is 4.79 Å². The third-order valence-electron chi connectivity index (χ3n) is 5.23. The van der Waals surface area contributed by atoms with Crippen LogP contribution in [0.5, 0.6) is 0 Å². The Hall–Kier alpha value is -2.22. The Morgan fingerprint density at radius 2 is 1.57 bits per heavy atom. The van der Waals surface area contributed by atoms with E-state index in [0.717, 1.165) is 32.1 Å². The van der Waals surface area contributed by atoms with Crippen molar-refractivity contribution in [3.8, 4) is 0 Å². The molecule has 6 nitrogen and oxygen atoms in total. The second-order valence-corrected chi connectivity index (χ2v) is 9.10. The minimum atomic E-state index is -3.46. The standard InChI is InChI=1S/C21H26N2O4S/c22-20(24)21(25,17-7-3-1-4-8-17)18-13-11-16(12-14-18)15-28(26,27)23-19-9-5-2-6-10-19/h1,3-4,7-8,11-14,19,23,25H,2,5-6,9-10,15H2,(H2,22,24). The molecule has 2 aromatic rings. The van der Waals surface area contributed by atoms with Crippen LogP contribution < -0.4 is 10.5 Å². The van der Waals surface area contributed by atoms with Crippen LogP contribution >= 0.6 is 0 Å². The first-order chi connectivity index (χ1) is 13.3. The fourth-order valence-corrected chi connectivity index (χ4v) is 5.17. The molecule has 150 valence electrons. The van der Waals surface area contributed by atoms with E-state index in [0.29, 0.717) is 16.7 Å². The minimum absolute atomic E-state index is 0.0102. The summed E-state index contributed by atoms with van der Waals surface area (Å²) in [7, 11) is -3.46. The summed E-state index contributed by atoms with van der Waals surface area (Å²) in [5.74, 6) is -1.04. The number of hydrogen-bond donors (Lipinski definition) is 3. The van der Waals surface area contributed by atoms with E-state index >= 15 is 0 Å². The van der Waals surface area contributed by atoms with Crippen LogP contribution in [0.15, 0.2) is 54.6 Å². The Morgan fingerprint density at radius 1 is 1.00 bits per heavy atom. The molecule has 0 spiro atoms. The summed E-state index contributed by atoms with van der Waals surface area (Å²) in [5.41, 5.74) is 4.75. The molecule has 0 radical (unpaired) electrons. The quantitative estimate of drug-likeness (QED) is 0.659. The Labute approximate surface area is 165 Å². The molecule has 0 bridgehead atoms. The van der Waals surface area contributed by atoms with Gasteiger partial charge in [0.25, 0.3) is 5.91 Å². The maximum atomic E-state index is 12.4. The molecule has 2 aromatic carbocycles. The maximum absolute atomic E-state index is 12.4. The molecule has 0 aliphatic heterocycles. The van der Waals surface area contributed by atoms with Gasteiger partial charge in [-0.1, -0.05) is 73.9 Å². The Balaban J connectivity index is 1.77. The molecule has 3 rings (SSSR count). The van der Waals surface area contributed by atoms with Crippen LogP contribution in [-0.2, 0) is 26.2 Å². The van der Waals surface area contributed by atoms with Crippen molar-refractivity contribution in [3.05, 3.63) is 71.3 Å². The molecule has 28 heavy (non-hydrogen) atoms. The van der Waals surface area contributed by atoms with Crippen molar-refractivity contribution in [3.63, 3.8) is 0 Å². The Bertz CT molecular complexity index is 907. The van der Waals surface area contributed by atoms with Crippen molar-refractivity contribution in [2.45, 2.75) is 49.5 Å². The van der Waals surface area contributed by atoms with Crippen LogP contribution in [0.3, 0.4) is 0 Å². The maximum Gasteiger partial charge on any atom is 0.258 e. The molecule has 1 fully saturated rings. The lowest BCUT2D eigenvalue weighted by atomic mass is 9.85. The number of primary amides is 1. The first kappa shape index (κ1) is 20.5. The number of hydrogen-bond acceptors (Lipinski definition) is 4. The molecule has 1 saturated carbocycles. The molecular weight excluding hydrogens is 376 g/mol. The van der Waals surface area contributed by atoms with Crippen molar-refractivity contribution in [1.29, 1.82) is 0 Å². The van der Waals surface area contributed by atoms with Crippen LogP contribution in [0.1, 0.15) is 48.8 Å². The summed E-state index contributed by atoms with van der Waals surface area (Å²) in [6.07, 6.45) is 5.01. The fraction of sp³-hybridized carbons (Fsp3) is 0.381. The van der Waals surface area contributed by atoms with Gasteiger partial charge in [0.1, 0.15) is 0 Å². The summed E-state index contributed by atoms with van der Waals surface area (Å²) in [4.78, 5) is 12.0. The van der Waals surface area contributed by atoms with Gasteiger partial charge in [-0.15, -0.1) is 0 Å². The van der Waals surface area contributed by atoms with E-state index in [2.05, 4.69) is 4.72 Å². The number of sulfonamides is 1. The van der Waals surface area contributed by atoms with E-state index in [9.17, 15) is 18.3 Å². The highest BCUT2D eigenvalue weighted by atomic mass is 32.2. The van der Waals surface area contributed by atoms with E-state index in [1.807, 2.05) is 0 Å². The summed E-state index contributed by atoms with van der Waals surface area (Å²) in [5, 5.41) is 11.0. The normalized spacial score (nSPS) is 17.8. The third kappa shape index (κ3) is 4.60. The van der Waals surface area contributed by atoms with Crippen molar-refractivity contribution < 1.29 is 18.3 Å². The van der Waals surface area contributed by atoms with E-state index in [-0.39, 0.29) is 11.8 Å². The molecular formula is C21H26N2O4S. The van der Waals surface area contributed by atoms with E-state index < -0.39 is 21.5 Å². The summed E-state index contributed by atoms with van der Waals surface area (Å²) < 4.78 is 27.7. The second-order valence-electron chi connectivity index (χ2n) is 7.35. The molecule has 1 aliphatic rings. The lowest BCUT2D eigenvalue weighted by molar-refractivity contribution is -0.133.